The molecule has 0 spiro atoms. The second-order valence-corrected chi connectivity index (χ2v) is 9.60. The predicted octanol–water partition coefficient (Wildman–Crippen LogP) is 4.34. The summed E-state index contributed by atoms with van der Waals surface area (Å²) in [7, 11) is 0. The van der Waals surface area contributed by atoms with E-state index in [9.17, 15) is 4.79 Å². The maximum atomic E-state index is 13.6. The van der Waals surface area contributed by atoms with Gasteiger partial charge in [-0.3, -0.25) is 4.79 Å². The smallest absolute Gasteiger partial charge is 0.257 e. The van der Waals surface area contributed by atoms with Crippen LogP contribution in [0.5, 0.6) is 5.75 Å². The van der Waals surface area contributed by atoms with E-state index in [4.69, 9.17) is 9.84 Å². The van der Waals surface area contributed by atoms with Crippen molar-refractivity contribution in [1.29, 1.82) is 0 Å². The Morgan fingerprint density at radius 1 is 1.09 bits per heavy atom. The summed E-state index contributed by atoms with van der Waals surface area (Å²) >= 11 is 0. The maximum Gasteiger partial charge on any atom is 0.257 e. The number of carbonyl (C=O) groups is 1. The molecule has 1 aliphatic rings. The third-order valence-electron chi connectivity index (χ3n) is 6.14. The van der Waals surface area contributed by atoms with Gasteiger partial charge in [0.1, 0.15) is 5.75 Å². The number of piperazine rings is 1. The molecule has 1 saturated heterocycles. The summed E-state index contributed by atoms with van der Waals surface area (Å²) in [4.78, 5) is 22.4. The first kappa shape index (κ1) is 23.1. The molecule has 0 N–H and O–H groups in total. The molecule has 7 nitrogen and oxygen atoms in total. The predicted molar refractivity (Wildman–Crippen MR) is 131 cm³/mol. The van der Waals surface area contributed by atoms with Crippen molar-refractivity contribution in [3.8, 4) is 5.75 Å². The SMILES string of the molecule is CCCc1c(C(=O)N2CCN(c3ccccc3OCC)CC2)cnc2cc(C(C)(C)C)nn12. The average Bonchev–Trinajstić information content (AvgIpc) is 3.25. The summed E-state index contributed by atoms with van der Waals surface area (Å²) in [6, 6.07) is 10.1. The van der Waals surface area contributed by atoms with E-state index < -0.39 is 0 Å². The number of fused-ring (bicyclic) bond motifs is 1. The van der Waals surface area contributed by atoms with Crippen LogP contribution in [-0.4, -0.2) is 58.2 Å². The minimum absolute atomic E-state index is 0.0402. The molecule has 1 amide bonds. The number of amides is 1. The van der Waals surface area contributed by atoms with Gasteiger partial charge in [0, 0.05) is 43.9 Å². The quantitative estimate of drug-likeness (QED) is 0.560. The first-order valence-electron chi connectivity index (χ1n) is 12.0. The molecule has 0 radical (unpaired) electrons. The number of hydrogen-bond acceptors (Lipinski definition) is 5. The van der Waals surface area contributed by atoms with Gasteiger partial charge in [0.25, 0.3) is 5.91 Å². The largest absolute Gasteiger partial charge is 0.492 e. The Bertz CT molecular complexity index is 1120. The van der Waals surface area contributed by atoms with Crippen LogP contribution in [0.1, 0.15) is 62.8 Å². The molecule has 0 aliphatic carbocycles. The third kappa shape index (κ3) is 4.68. The lowest BCUT2D eigenvalue weighted by atomic mass is 9.93. The van der Waals surface area contributed by atoms with E-state index in [1.807, 2.05) is 40.6 Å². The van der Waals surface area contributed by atoms with E-state index in [0.717, 1.165) is 54.4 Å². The van der Waals surface area contributed by atoms with Crippen molar-refractivity contribution >= 4 is 17.2 Å². The van der Waals surface area contributed by atoms with E-state index in [-0.39, 0.29) is 11.3 Å². The third-order valence-corrected chi connectivity index (χ3v) is 6.14. The van der Waals surface area contributed by atoms with E-state index in [0.29, 0.717) is 25.3 Å². The number of para-hydroxylation sites is 2. The molecule has 0 bridgehead atoms. The second-order valence-electron chi connectivity index (χ2n) is 9.60. The number of aromatic nitrogens is 3. The highest BCUT2D eigenvalue weighted by Gasteiger charge is 2.27. The molecule has 3 aromatic rings. The minimum Gasteiger partial charge on any atom is -0.492 e. The number of aryl methyl sites for hydroxylation is 1. The molecule has 33 heavy (non-hydrogen) atoms. The Morgan fingerprint density at radius 2 is 1.82 bits per heavy atom. The maximum absolute atomic E-state index is 13.6. The van der Waals surface area contributed by atoms with Crippen molar-refractivity contribution in [3.63, 3.8) is 0 Å². The fourth-order valence-electron chi connectivity index (χ4n) is 4.32. The zero-order chi connectivity index (χ0) is 23.6. The Hall–Kier alpha value is -3.09. The molecule has 0 unspecified atom stereocenters. The monoisotopic (exact) mass is 449 g/mol. The van der Waals surface area contributed by atoms with Crippen LogP contribution in [0, 0.1) is 0 Å². The van der Waals surface area contributed by atoms with Gasteiger partial charge in [-0.25, -0.2) is 9.50 Å². The van der Waals surface area contributed by atoms with Crippen molar-refractivity contribution in [1.82, 2.24) is 19.5 Å². The van der Waals surface area contributed by atoms with Crippen LogP contribution >= 0.6 is 0 Å². The molecule has 2 aromatic heterocycles. The topological polar surface area (TPSA) is 63.0 Å². The van der Waals surface area contributed by atoms with Crippen molar-refractivity contribution < 1.29 is 9.53 Å². The average molecular weight is 450 g/mol. The lowest BCUT2D eigenvalue weighted by Gasteiger charge is -2.37. The number of ether oxygens (including phenoxy) is 1. The van der Waals surface area contributed by atoms with Gasteiger partial charge in [0.2, 0.25) is 0 Å². The van der Waals surface area contributed by atoms with E-state index in [1.165, 1.54) is 0 Å². The molecule has 1 aromatic carbocycles. The van der Waals surface area contributed by atoms with Crippen molar-refractivity contribution in [2.24, 2.45) is 0 Å². The Labute approximate surface area is 196 Å². The van der Waals surface area contributed by atoms with E-state index in [1.54, 1.807) is 6.20 Å². The van der Waals surface area contributed by atoms with Gasteiger partial charge in [-0.2, -0.15) is 5.10 Å². The molecular formula is C26H35N5O2. The van der Waals surface area contributed by atoms with Crippen molar-refractivity contribution in [2.75, 3.05) is 37.7 Å². The number of nitrogens with zero attached hydrogens (tertiary/aromatic N) is 5. The highest BCUT2D eigenvalue weighted by molar-refractivity contribution is 5.95. The summed E-state index contributed by atoms with van der Waals surface area (Å²) < 4.78 is 7.68. The summed E-state index contributed by atoms with van der Waals surface area (Å²) in [5.41, 5.74) is 4.42. The fourth-order valence-corrected chi connectivity index (χ4v) is 4.32. The lowest BCUT2D eigenvalue weighted by Crippen LogP contribution is -2.49. The van der Waals surface area contributed by atoms with Gasteiger partial charge in [0.15, 0.2) is 5.65 Å². The molecule has 0 atom stereocenters. The van der Waals surface area contributed by atoms with Crippen LogP contribution in [0.4, 0.5) is 5.69 Å². The Morgan fingerprint density at radius 3 is 2.48 bits per heavy atom. The summed E-state index contributed by atoms with van der Waals surface area (Å²) in [6.07, 6.45) is 3.46. The molecule has 1 aliphatic heterocycles. The zero-order valence-corrected chi connectivity index (χ0v) is 20.5. The van der Waals surface area contributed by atoms with Crippen LogP contribution in [-0.2, 0) is 11.8 Å². The van der Waals surface area contributed by atoms with Gasteiger partial charge < -0.3 is 14.5 Å². The Balaban J connectivity index is 1.56. The number of anilines is 1. The molecule has 3 heterocycles. The zero-order valence-electron chi connectivity index (χ0n) is 20.5. The van der Waals surface area contributed by atoms with Crippen molar-refractivity contribution in [2.45, 2.75) is 52.9 Å². The van der Waals surface area contributed by atoms with E-state index in [2.05, 4.69) is 43.6 Å². The van der Waals surface area contributed by atoms with Gasteiger partial charge in [-0.15, -0.1) is 0 Å². The highest BCUT2D eigenvalue weighted by atomic mass is 16.5. The molecule has 0 saturated carbocycles. The van der Waals surface area contributed by atoms with Crippen LogP contribution in [0.3, 0.4) is 0 Å². The first-order chi connectivity index (χ1) is 15.8. The second kappa shape index (κ2) is 9.41. The minimum atomic E-state index is -0.0739. The van der Waals surface area contributed by atoms with Gasteiger partial charge in [-0.05, 0) is 25.5 Å². The number of benzene rings is 1. The summed E-state index contributed by atoms with van der Waals surface area (Å²) in [6.45, 7) is 14.0. The van der Waals surface area contributed by atoms with Gasteiger partial charge in [-0.1, -0.05) is 46.2 Å². The molecule has 4 rings (SSSR count). The van der Waals surface area contributed by atoms with Crippen LogP contribution in [0.25, 0.3) is 5.65 Å². The standard InChI is InChI=1S/C26H35N5O2/c1-6-10-20-19(18-27-24-17-23(26(3,4)5)28-31(20)24)25(32)30-15-13-29(14-16-30)21-11-8-9-12-22(21)33-7-2/h8-9,11-12,17-18H,6-7,10,13-16H2,1-5H3. The Kier molecular flexibility index (Phi) is 6.58. The molecular weight excluding hydrogens is 414 g/mol. The van der Waals surface area contributed by atoms with Gasteiger partial charge >= 0.3 is 0 Å². The number of carbonyl (C=O) groups excluding carboxylic acids is 1. The lowest BCUT2D eigenvalue weighted by molar-refractivity contribution is 0.0744. The molecule has 176 valence electrons. The van der Waals surface area contributed by atoms with Crippen molar-refractivity contribution in [3.05, 3.63) is 53.5 Å². The van der Waals surface area contributed by atoms with Crippen LogP contribution in [0.15, 0.2) is 36.5 Å². The van der Waals surface area contributed by atoms with E-state index >= 15 is 0 Å². The first-order valence-corrected chi connectivity index (χ1v) is 12.0. The molecule has 7 heteroatoms. The highest BCUT2D eigenvalue weighted by Crippen LogP contribution is 2.29. The molecule has 1 fully saturated rings. The van der Waals surface area contributed by atoms with Crippen LogP contribution < -0.4 is 9.64 Å². The summed E-state index contributed by atoms with van der Waals surface area (Å²) in [5, 5.41) is 4.83. The van der Waals surface area contributed by atoms with Crippen LogP contribution in [0.2, 0.25) is 0 Å². The summed E-state index contributed by atoms with van der Waals surface area (Å²) in [5.74, 6) is 0.936. The normalized spacial score (nSPS) is 14.7. The fraction of sp³-hybridized carbons (Fsp3) is 0.500. The number of hydrogen-bond donors (Lipinski definition) is 0. The van der Waals surface area contributed by atoms with Gasteiger partial charge in [0.05, 0.1) is 29.2 Å². The number of rotatable bonds is 6.